The molecule has 5 nitrogen and oxygen atoms in total. The molecule has 1 saturated carbocycles. The number of hydrogen-bond acceptors (Lipinski definition) is 3. The molecule has 0 aliphatic heterocycles. The molecule has 0 unspecified atom stereocenters. The Morgan fingerprint density at radius 1 is 1.31 bits per heavy atom. The molecule has 1 aromatic carbocycles. The first-order chi connectivity index (χ1) is 12.3. The zero-order chi connectivity index (χ0) is 18.9. The third-order valence-electron chi connectivity index (χ3n) is 4.88. The Morgan fingerprint density at radius 3 is 2.65 bits per heavy atom. The number of nitrogens with one attached hydrogen (secondary N) is 1. The first-order valence-corrected chi connectivity index (χ1v) is 8.77. The molecule has 142 valence electrons. The summed E-state index contributed by atoms with van der Waals surface area (Å²) in [5.41, 5.74) is 1.02. The van der Waals surface area contributed by atoms with Crippen LogP contribution in [0.1, 0.15) is 45.6 Å². The van der Waals surface area contributed by atoms with Crippen molar-refractivity contribution in [3.63, 3.8) is 0 Å². The Bertz CT molecular complexity index is 782. The number of aromatic nitrogens is 2. The lowest BCUT2D eigenvalue weighted by atomic mass is 10.2. The molecule has 2 aromatic rings. The van der Waals surface area contributed by atoms with E-state index in [0.717, 1.165) is 23.7 Å². The lowest BCUT2D eigenvalue weighted by Gasteiger charge is -2.23. The van der Waals surface area contributed by atoms with Gasteiger partial charge in [-0.25, -0.2) is 0 Å². The molecule has 0 saturated heterocycles. The summed E-state index contributed by atoms with van der Waals surface area (Å²) >= 11 is 0. The van der Waals surface area contributed by atoms with Crippen LogP contribution in [0.25, 0.3) is 10.9 Å². The van der Waals surface area contributed by atoms with Gasteiger partial charge < -0.3 is 10.1 Å². The highest BCUT2D eigenvalue weighted by atomic mass is 19.4. The number of benzene rings is 1. The quantitative estimate of drug-likeness (QED) is 0.867. The van der Waals surface area contributed by atoms with Crippen LogP contribution in [0.3, 0.4) is 0 Å². The average Bonchev–Trinajstić information content (AvgIpc) is 3.22. The number of carbonyl (C=O) groups excluding carboxylic acids is 1. The number of halogens is 3. The summed E-state index contributed by atoms with van der Waals surface area (Å²) in [6.07, 6.45) is 0.939. The summed E-state index contributed by atoms with van der Waals surface area (Å²) in [6, 6.07) is 5.16. The number of ether oxygens (including phenoxy) is 1. The van der Waals surface area contributed by atoms with E-state index in [4.69, 9.17) is 4.74 Å². The largest absolute Gasteiger partial charge is 0.489 e. The second-order valence-electron chi connectivity index (χ2n) is 6.83. The first-order valence-electron chi connectivity index (χ1n) is 8.77. The number of alkyl halides is 3. The molecule has 0 spiro atoms. The Kier molecular flexibility index (Phi) is 5.11. The fraction of sp³-hybridized carbons (Fsp3) is 0.556. The van der Waals surface area contributed by atoms with Crippen molar-refractivity contribution in [3.8, 4) is 5.75 Å². The van der Waals surface area contributed by atoms with Gasteiger partial charge in [0.1, 0.15) is 11.9 Å². The average molecular weight is 369 g/mol. The van der Waals surface area contributed by atoms with Crippen LogP contribution in [0.2, 0.25) is 0 Å². The van der Waals surface area contributed by atoms with Crippen molar-refractivity contribution >= 4 is 16.8 Å². The summed E-state index contributed by atoms with van der Waals surface area (Å²) < 4.78 is 44.8. The number of rotatable bonds is 5. The number of hydrogen-bond donors (Lipinski definition) is 1. The maximum absolute atomic E-state index is 12.3. The van der Waals surface area contributed by atoms with E-state index < -0.39 is 24.2 Å². The van der Waals surface area contributed by atoms with Crippen molar-refractivity contribution in [1.29, 1.82) is 0 Å². The van der Waals surface area contributed by atoms with Gasteiger partial charge in [0.15, 0.2) is 0 Å². The van der Waals surface area contributed by atoms with Gasteiger partial charge in [-0.1, -0.05) is 12.8 Å². The van der Waals surface area contributed by atoms with Crippen molar-refractivity contribution < 1.29 is 22.7 Å². The Balaban J connectivity index is 1.68. The van der Waals surface area contributed by atoms with Crippen molar-refractivity contribution in [2.24, 2.45) is 0 Å². The Morgan fingerprint density at radius 2 is 2.00 bits per heavy atom. The maximum Gasteiger partial charge on any atom is 0.471 e. The molecule has 0 radical (unpaired) electrons. The van der Waals surface area contributed by atoms with Crippen molar-refractivity contribution in [2.75, 3.05) is 0 Å². The van der Waals surface area contributed by atoms with Gasteiger partial charge in [-0.05, 0) is 44.9 Å². The fourth-order valence-corrected chi connectivity index (χ4v) is 3.27. The topological polar surface area (TPSA) is 56.1 Å². The molecule has 8 heteroatoms. The molecule has 1 aliphatic carbocycles. The predicted molar refractivity (Wildman–Crippen MR) is 91.0 cm³/mol. The third-order valence-corrected chi connectivity index (χ3v) is 4.88. The van der Waals surface area contributed by atoms with Crippen molar-refractivity contribution in [3.05, 3.63) is 24.4 Å². The molecule has 26 heavy (non-hydrogen) atoms. The Hall–Kier alpha value is -2.25. The van der Waals surface area contributed by atoms with Crippen LogP contribution in [-0.2, 0) is 4.79 Å². The zero-order valence-electron chi connectivity index (χ0n) is 14.7. The van der Waals surface area contributed by atoms with Gasteiger partial charge in [-0.2, -0.15) is 18.3 Å². The number of nitrogens with zero attached hydrogens (tertiary/aromatic N) is 2. The molecular formula is C18H22F3N3O2. The summed E-state index contributed by atoms with van der Waals surface area (Å²) in [5.74, 6) is -1.43. The lowest BCUT2D eigenvalue weighted by Crippen LogP contribution is -2.47. The van der Waals surface area contributed by atoms with Gasteiger partial charge in [-0.15, -0.1) is 0 Å². The van der Waals surface area contributed by atoms with Gasteiger partial charge in [-0.3, -0.25) is 9.48 Å². The van der Waals surface area contributed by atoms with E-state index in [0.29, 0.717) is 11.8 Å². The molecule has 1 amide bonds. The van der Waals surface area contributed by atoms with E-state index in [1.807, 2.05) is 22.1 Å². The molecule has 1 aliphatic rings. The van der Waals surface area contributed by atoms with Gasteiger partial charge in [0.05, 0.1) is 23.8 Å². The van der Waals surface area contributed by atoms with E-state index in [1.54, 1.807) is 19.2 Å². The summed E-state index contributed by atoms with van der Waals surface area (Å²) in [5, 5.41) is 7.32. The van der Waals surface area contributed by atoms with E-state index in [1.165, 1.54) is 19.8 Å². The second kappa shape index (κ2) is 7.17. The highest BCUT2D eigenvalue weighted by Crippen LogP contribution is 2.32. The smallest absolute Gasteiger partial charge is 0.471 e. The highest BCUT2D eigenvalue weighted by Gasteiger charge is 2.39. The number of carbonyl (C=O) groups is 1. The normalized spacial score (nSPS) is 18.0. The molecule has 1 N–H and O–H groups in total. The van der Waals surface area contributed by atoms with Gasteiger partial charge >= 0.3 is 12.1 Å². The lowest BCUT2D eigenvalue weighted by molar-refractivity contribution is -0.174. The standard InChI is InChI=1S/C18H22F3N3O2/c1-11(23-17(25)18(19,20)21)12(2)26-15-7-8-16-13(9-15)10-22-24(16)14-5-3-4-6-14/h7-12,14H,3-6H2,1-2H3,(H,23,25)/t11-,12+/m0/s1. The summed E-state index contributed by atoms with van der Waals surface area (Å²) in [6.45, 7) is 3.10. The van der Waals surface area contributed by atoms with Crippen LogP contribution < -0.4 is 10.1 Å². The first kappa shape index (κ1) is 18.5. The van der Waals surface area contributed by atoms with Crippen LogP contribution >= 0.6 is 0 Å². The highest BCUT2D eigenvalue weighted by molar-refractivity contribution is 5.82. The molecule has 2 atom stereocenters. The summed E-state index contributed by atoms with van der Waals surface area (Å²) in [7, 11) is 0. The zero-order valence-corrected chi connectivity index (χ0v) is 14.7. The molecule has 1 aromatic heterocycles. The van der Waals surface area contributed by atoms with E-state index >= 15 is 0 Å². The predicted octanol–water partition coefficient (Wildman–Crippen LogP) is 3.99. The van der Waals surface area contributed by atoms with Crippen LogP contribution in [0.5, 0.6) is 5.75 Å². The summed E-state index contributed by atoms with van der Waals surface area (Å²) in [4.78, 5) is 11.0. The van der Waals surface area contributed by atoms with Crippen LogP contribution in [0, 0.1) is 0 Å². The SMILES string of the molecule is C[C@H](NC(=O)C(F)(F)F)[C@@H](C)Oc1ccc2c(cnn2C2CCCC2)c1. The van der Waals surface area contributed by atoms with Gasteiger partial charge in [0.2, 0.25) is 0 Å². The van der Waals surface area contributed by atoms with Crippen molar-refractivity contribution in [1.82, 2.24) is 15.1 Å². The molecule has 1 heterocycles. The van der Waals surface area contributed by atoms with Crippen LogP contribution in [-0.4, -0.2) is 34.0 Å². The van der Waals surface area contributed by atoms with E-state index in [-0.39, 0.29) is 0 Å². The van der Waals surface area contributed by atoms with Crippen LogP contribution in [0.4, 0.5) is 13.2 Å². The maximum atomic E-state index is 12.3. The molecule has 1 fully saturated rings. The molecule has 0 bridgehead atoms. The third kappa shape index (κ3) is 3.94. The number of fused-ring (bicyclic) bond motifs is 1. The fourth-order valence-electron chi connectivity index (χ4n) is 3.27. The molecular weight excluding hydrogens is 347 g/mol. The van der Waals surface area contributed by atoms with E-state index in [9.17, 15) is 18.0 Å². The van der Waals surface area contributed by atoms with Crippen LogP contribution in [0.15, 0.2) is 24.4 Å². The van der Waals surface area contributed by atoms with Crippen molar-refractivity contribution in [2.45, 2.75) is 63.9 Å². The van der Waals surface area contributed by atoms with Gasteiger partial charge in [0.25, 0.3) is 0 Å². The number of amides is 1. The van der Waals surface area contributed by atoms with E-state index in [2.05, 4.69) is 5.10 Å². The monoisotopic (exact) mass is 369 g/mol. The minimum atomic E-state index is -4.90. The Labute approximate surface area is 149 Å². The minimum Gasteiger partial charge on any atom is -0.489 e. The van der Waals surface area contributed by atoms with Gasteiger partial charge in [0, 0.05) is 5.39 Å². The second-order valence-corrected chi connectivity index (χ2v) is 6.83. The minimum absolute atomic E-state index is 0.427. The molecule has 3 rings (SSSR count).